The van der Waals surface area contributed by atoms with Crippen LogP contribution in [-0.4, -0.2) is 51.3 Å². The SMILES string of the molecule is CS(=O)(=O)CCCNCC(O)COc1ccccc1. The molecule has 1 aromatic rings. The van der Waals surface area contributed by atoms with Gasteiger partial charge in [0.2, 0.25) is 0 Å². The van der Waals surface area contributed by atoms with Crippen molar-refractivity contribution in [3.05, 3.63) is 30.3 Å². The summed E-state index contributed by atoms with van der Waals surface area (Å²) in [5.41, 5.74) is 0. The summed E-state index contributed by atoms with van der Waals surface area (Å²) in [5, 5.41) is 12.7. The van der Waals surface area contributed by atoms with Crippen molar-refractivity contribution in [3.63, 3.8) is 0 Å². The lowest BCUT2D eigenvalue weighted by atomic mass is 10.3. The second-order valence-corrected chi connectivity index (χ2v) is 6.73. The van der Waals surface area contributed by atoms with Crippen LogP contribution in [0.15, 0.2) is 30.3 Å². The Labute approximate surface area is 114 Å². The number of aliphatic hydroxyl groups is 1. The van der Waals surface area contributed by atoms with Crippen LogP contribution in [0.2, 0.25) is 0 Å². The van der Waals surface area contributed by atoms with Crippen LogP contribution < -0.4 is 10.1 Å². The standard InChI is InChI=1S/C13H21NO4S/c1-19(16,17)9-5-8-14-10-12(15)11-18-13-6-3-2-4-7-13/h2-4,6-7,12,14-15H,5,8-11H2,1H3. The minimum absolute atomic E-state index is 0.163. The fourth-order valence-corrected chi connectivity index (χ4v) is 2.16. The molecule has 0 saturated heterocycles. The van der Waals surface area contributed by atoms with Crippen molar-refractivity contribution in [1.29, 1.82) is 0 Å². The zero-order chi connectivity index (χ0) is 14.1. The Hall–Kier alpha value is -1.11. The predicted octanol–water partition coefficient (Wildman–Crippen LogP) is 0.451. The molecule has 0 heterocycles. The smallest absolute Gasteiger partial charge is 0.147 e. The molecule has 0 spiro atoms. The second kappa shape index (κ2) is 8.14. The van der Waals surface area contributed by atoms with Crippen LogP contribution in [0.5, 0.6) is 5.75 Å². The van der Waals surface area contributed by atoms with Gasteiger partial charge in [0.15, 0.2) is 0 Å². The molecule has 0 radical (unpaired) electrons. The summed E-state index contributed by atoms with van der Waals surface area (Å²) in [6, 6.07) is 9.28. The summed E-state index contributed by atoms with van der Waals surface area (Å²) in [7, 11) is -2.90. The van der Waals surface area contributed by atoms with Gasteiger partial charge in [-0.2, -0.15) is 0 Å². The van der Waals surface area contributed by atoms with Crippen LogP contribution in [0.1, 0.15) is 6.42 Å². The zero-order valence-corrected chi connectivity index (χ0v) is 11.9. The molecule has 1 rings (SSSR count). The summed E-state index contributed by atoms with van der Waals surface area (Å²) in [4.78, 5) is 0. The van der Waals surface area contributed by atoms with Crippen molar-refractivity contribution in [2.75, 3.05) is 31.7 Å². The van der Waals surface area contributed by atoms with E-state index in [4.69, 9.17) is 4.74 Å². The van der Waals surface area contributed by atoms with Gasteiger partial charge in [0.05, 0.1) is 5.75 Å². The molecule has 0 bridgehead atoms. The van der Waals surface area contributed by atoms with Gasteiger partial charge in [0, 0.05) is 12.8 Å². The van der Waals surface area contributed by atoms with Gasteiger partial charge in [-0.15, -0.1) is 0 Å². The number of benzene rings is 1. The maximum Gasteiger partial charge on any atom is 0.147 e. The van der Waals surface area contributed by atoms with Crippen LogP contribution in [-0.2, 0) is 9.84 Å². The number of aliphatic hydroxyl groups excluding tert-OH is 1. The van der Waals surface area contributed by atoms with E-state index in [0.29, 0.717) is 19.5 Å². The highest BCUT2D eigenvalue weighted by molar-refractivity contribution is 7.90. The molecule has 5 nitrogen and oxygen atoms in total. The van der Waals surface area contributed by atoms with Gasteiger partial charge in [-0.05, 0) is 25.1 Å². The molecule has 6 heteroatoms. The highest BCUT2D eigenvalue weighted by Gasteiger charge is 2.05. The van der Waals surface area contributed by atoms with Gasteiger partial charge in [-0.3, -0.25) is 0 Å². The van der Waals surface area contributed by atoms with Gasteiger partial charge in [0.1, 0.15) is 28.3 Å². The number of ether oxygens (including phenoxy) is 1. The van der Waals surface area contributed by atoms with E-state index >= 15 is 0 Å². The van der Waals surface area contributed by atoms with Crippen molar-refractivity contribution < 1.29 is 18.3 Å². The fourth-order valence-electron chi connectivity index (χ4n) is 1.50. The minimum atomic E-state index is -2.90. The Morgan fingerprint density at radius 3 is 2.63 bits per heavy atom. The Kier molecular flexibility index (Phi) is 6.83. The highest BCUT2D eigenvalue weighted by atomic mass is 32.2. The molecule has 1 unspecified atom stereocenters. The van der Waals surface area contributed by atoms with Crippen molar-refractivity contribution in [2.45, 2.75) is 12.5 Å². The summed E-state index contributed by atoms with van der Waals surface area (Å²) in [6.45, 7) is 1.16. The molecule has 0 aliphatic heterocycles. The van der Waals surface area contributed by atoms with E-state index in [1.54, 1.807) is 0 Å². The third-order valence-corrected chi connectivity index (χ3v) is 3.46. The van der Waals surface area contributed by atoms with Crippen LogP contribution in [0.4, 0.5) is 0 Å². The lowest BCUT2D eigenvalue weighted by Crippen LogP contribution is -2.32. The fraction of sp³-hybridized carbons (Fsp3) is 0.538. The van der Waals surface area contributed by atoms with E-state index in [1.165, 1.54) is 6.26 Å². The highest BCUT2D eigenvalue weighted by Crippen LogP contribution is 2.08. The van der Waals surface area contributed by atoms with Crippen LogP contribution in [0.3, 0.4) is 0 Å². The number of nitrogens with one attached hydrogen (secondary N) is 1. The monoisotopic (exact) mass is 287 g/mol. The van der Waals surface area contributed by atoms with Gasteiger partial charge in [0.25, 0.3) is 0 Å². The van der Waals surface area contributed by atoms with Crippen LogP contribution in [0.25, 0.3) is 0 Å². The van der Waals surface area contributed by atoms with Crippen LogP contribution in [0, 0.1) is 0 Å². The molecule has 1 atom stereocenters. The van der Waals surface area contributed by atoms with E-state index < -0.39 is 15.9 Å². The summed E-state index contributed by atoms with van der Waals surface area (Å²) < 4.78 is 27.2. The van der Waals surface area contributed by atoms with Crippen molar-refractivity contribution in [3.8, 4) is 5.75 Å². The quantitative estimate of drug-likeness (QED) is 0.645. The largest absolute Gasteiger partial charge is 0.491 e. The van der Waals surface area contributed by atoms with Gasteiger partial charge in [-0.25, -0.2) is 8.42 Å². The van der Waals surface area contributed by atoms with Crippen molar-refractivity contribution in [1.82, 2.24) is 5.32 Å². The first kappa shape index (κ1) is 15.9. The summed E-state index contributed by atoms with van der Waals surface area (Å²) >= 11 is 0. The first-order valence-electron chi connectivity index (χ1n) is 6.22. The van der Waals surface area contributed by atoms with E-state index in [9.17, 15) is 13.5 Å². The van der Waals surface area contributed by atoms with Crippen molar-refractivity contribution in [2.24, 2.45) is 0 Å². The minimum Gasteiger partial charge on any atom is -0.491 e. The lowest BCUT2D eigenvalue weighted by molar-refractivity contribution is 0.106. The zero-order valence-electron chi connectivity index (χ0n) is 11.1. The molecule has 1 aromatic carbocycles. The number of hydrogen-bond acceptors (Lipinski definition) is 5. The average Bonchev–Trinajstić information content (AvgIpc) is 2.36. The van der Waals surface area contributed by atoms with Crippen LogP contribution >= 0.6 is 0 Å². The number of rotatable bonds is 9. The average molecular weight is 287 g/mol. The normalized spacial score (nSPS) is 13.2. The van der Waals surface area contributed by atoms with Gasteiger partial charge < -0.3 is 15.2 Å². The Morgan fingerprint density at radius 2 is 2.00 bits per heavy atom. The molecule has 108 valence electrons. The maximum atomic E-state index is 10.9. The molecule has 0 fully saturated rings. The molecule has 0 aliphatic rings. The molecule has 2 N–H and O–H groups in total. The molecule has 0 aromatic heterocycles. The lowest BCUT2D eigenvalue weighted by Gasteiger charge is -2.13. The first-order valence-corrected chi connectivity index (χ1v) is 8.28. The van der Waals surface area contributed by atoms with Crippen molar-refractivity contribution >= 4 is 9.84 Å². The number of hydrogen-bond donors (Lipinski definition) is 2. The maximum absolute atomic E-state index is 10.9. The summed E-state index contributed by atoms with van der Waals surface area (Å²) in [6.07, 6.45) is 1.15. The Morgan fingerprint density at radius 1 is 1.32 bits per heavy atom. The Balaban J connectivity index is 2.07. The Bertz CT molecular complexity index is 447. The number of sulfone groups is 1. The number of para-hydroxylation sites is 1. The van der Waals surface area contributed by atoms with Gasteiger partial charge in [-0.1, -0.05) is 18.2 Å². The predicted molar refractivity (Wildman–Crippen MR) is 75.1 cm³/mol. The molecule has 0 aliphatic carbocycles. The molecule has 19 heavy (non-hydrogen) atoms. The van der Waals surface area contributed by atoms with Gasteiger partial charge >= 0.3 is 0 Å². The van der Waals surface area contributed by atoms with E-state index in [-0.39, 0.29) is 12.4 Å². The molecule has 0 saturated carbocycles. The third-order valence-electron chi connectivity index (χ3n) is 2.43. The molecule has 0 amide bonds. The summed E-state index contributed by atoms with van der Waals surface area (Å²) in [5.74, 6) is 0.884. The third kappa shape index (κ3) is 8.58. The van der Waals surface area contributed by atoms with E-state index in [1.807, 2.05) is 30.3 Å². The topological polar surface area (TPSA) is 75.6 Å². The van der Waals surface area contributed by atoms with E-state index in [0.717, 1.165) is 5.75 Å². The molecular formula is C13H21NO4S. The van der Waals surface area contributed by atoms with E-state index in [2.05, 4.69) is 5.32 Å². The first-order chi connectivity index (χ1) is 8.97. The second-order valence-electron chi connectivity index (χ2n) is 4.47. The molecular weight excluding hydrogens is 266 g/mol.